The monoisotopic (exact) mass is 172 g/mol. The highest BCUT2D eigenvalue weighted by molar-refractivity contribution is 5.66. The summed E-state index contributed by atoms with van der Waals surface area (Å²) in [5.41, 5.74) is 0. The number of carbonyl (C=O) groups is 1. The Morgan fingerprint density at radius 3 is 3.00 bits per heavy atom. The highest BCUT2D eigenvalue weighted by Gasteiger charge is 2.19. The molecule has 4 heteroatoms. The lowest BCUT2D eigenvalue weighted by atomic mass is 10.3. The molecule has 0 aromatic rings. The van der Waals surface area contributed by atoms with Gasteiger partial charge in [-0.3, -0.25) is 4.79 Å². The maximum atomic E-state index is 10.5. The molecule has 1 rings (SSSR count). The van der Waals surface area contributed by atoms with Crippen molar-refractivity contribution in [2.75, 3.05) is 7.11 Å². The zero-order valence-corrected chi connectivity index (χ0v) is 7.15. The maximum Gasteiger partial charge on any atom is 0.304 e. The Bertz CT molecular complexity index is 187. The Balaban J connectivity index is 2.39. The number of hydrogen-bond donors (Lipinski definition) is 0. The molecule has 68 valence electrons. The molecule has 0 aromatic carbocycles. The summed E-state index contributed by atoms with van der Waals surface area (Å²) in [4.78, 5) is 10.5. The van der Waals surface area contributed by atoms with Gasteiger partial charge >= 0.3 is 5.97 Å². The van der Waals surface area contributed by atoms with Gasteiger partial charge in [-0.05, 0) is 6.08 Å². The first-order valence-corrected chi connectivity index (χ1v) is 3.74. The molecular formula is C8H12O4. The second-order valence-electron chi connectivity index (χ2n) is 2.44. The summed E-state index contributed by atoms with van der Waals surface area (Å²) in [6.45, 7) is 1.35. The first-order valence-electron chi connectivity index (χ1n) is 3.74. The van der Waals surface area contributed by atoms with Crippen LogP contribution in [-0.2, 0) is 19.0 Å². The predicted molar refractivity (Wildman–Crippen MR) is 41.2 cm³/mol. The summed E-state index contributed by atoms with van der Waals surface area (Å²) in [6, 6.07) is 0. The van der Waals surface area contributed by atoms with Crippen LogP contribution in [0.4, 0.5) is 0 Å². The van der Waals surface area contributed by atoms with E-state index in [2.05, 4.69) is 0 Å². The van der Waals surface area contributed by atoms with Gasteiger partial charge < -0.3 is 14.2 Å². The normalized spacial score (nSPS) is 28.5. The summed E-state index contributed by atoms with van der Waals surface area (Å²) in [7, 11) is 1.53. The lowest BCUT2D eigenvalue weighted by Crippen LogP contribution is -2.28. The second kappa shape index (κ2) is 4.23. The minimum Gasteiger partial charge on any atom is -0.435 e. The van der Waals surface area contributed by atoms with Gasteiger partial charge in [-0.1, -0.05) is 6.08 Å². The molecule has 0 aromatic heterocycles. The van der Waals surface area contributed by atoms with Crippen molar-refractivity contribution in [3.05, 3.63) is 12.2 Å². The van der Waals surface area contributed by atoms with E-state index in [1.807, 2.05) is 6.08 Å². The molecule has 0 unspecified atom stereocenters. The largest absolute Gasteiger partial charge is 0.435 e. The number of rotatable bonds is 2. The lowest BCUT2D eigenvalue weighted by Gasteiger charge is -2.23. The van der Waals surface area contributed by atoms with Gasteiger partial charge in [0.15, 0.2) is 6.29 Å². The van der Waals surface area contributed by atoms with Gasteiger partial charge in [0.2, 0.25) is 6.29 Å². The Labute approximate surface area is 71.1 Å². The molecule has 1 heterocycles. The molecule has 4 nitrogen and oxygen atoms in total. The summed E-state index contributed by atoms with van der Waals surface area (Å²) in [5, 5.41) is 0. The van der Waals surface area contributed by atoms with Crippen LogP contribution in [0.5, 0.6) is 0 Å². The number of carbonyl (C=O) groups excluding carboxylic acids is 1. The third-order valence-electron chi connectivity index (χ3n) is 1.44. The van der Waals surface area contributed by atoms with Crippen LogP contribution < -0.4 is 0 Å². The van der Waals surface area contributed by atoms with Crippen molar-refractivity contribution in [3.8, 4) is 0 Å². The van der Waals surface area contributed by atoms with E-state index in [0.717, 1.165) is 0 Å². The van der Waals surface area contributed by atoms with Gasteiger partial charge in [-0.25, -0.2) is 0 Å². The third-order valence-corrected chi connectivity index (χ3v) is 1.44. The van der Waals surface area contributed by atoms with E-state index in [1.165, 1.54) is 14.0 Å². The number of hydrogen-bond acceptors (Lipinski definition) is 4. The molecule has 0 bridgehead atoms. The van der Waals surface area contributed by atoms with Crippen molar-refractivity contribution in [3.63, 3.8) is 0 Å². The minimum absolute atomic E-state index is 0.342. The van der Waals surface area contributed by atoms with E-state index in [9.17, 15) is 4.79 Å². The molecule has 1 aliphatic rings. The van der Waals surface area contributed by atoms with Crippen LogP contribution in [0.25, 0.3) is 0 Å². The first kappa shape index (κ1) is 9.22. The van der Waals surface area contributed by atoms with Gasteiger partial charge in [0, 0.05) is 20.5 Å². The lowest BCUT2D eigenvalue weighted by molar-refractivity contribution is -0.221. The van der Waals surface area contributed by atoms with Crippen molar-refractivity contribution in [2.24, 2.45) is 0 Å². The van der Waals surface area contributed by atoms with Gasteiger partial charge in [0.05, 0.1) is 0 Å². The van der Waals surface area contributed by atoms with E-state index in [1.54, 1.807) is 6.08 Å². The molecule has 0 aliphatic carbocycles. The highest BCUT2D eigenvalue weighted by Crippen LogP contribution is 2.13. The third kappa shape index (κ3) is 2.64. The van der Waals surface area contributed by atoms with Crippen LogP contribution in [0, 0.1) is 0 Å². The Morgan fingerprint density at radius 1 is 1.67 bits per heavy atom. The SMILES string of the molecule is CO[C@H]1C=CC[C@@H](OC(C)=O)O1. The van der Waals surface area contributed by atoms with Gasteiger partial charge in [-0.15, -0.1) is 0 Å². The summed E-state index contributed by atoms with van der Waals surface area (Å²) in [5.74, 6) is -0.342. The van der Waals surface area contributed by atoms with Crippen LogP contribution in [0.3, 0.4) is 0 Å². The van der Waals surface area contributed by atoms with Crippen molar-refractivity contribution >= 4 is 5.97 Å². The van der Waals surface area contributed by atoms with E-state index in [0.29, 0.717) is 6.42 Å². The van der Waals surface area contributed by atoms with Crippen LogP contribution >= 0.6 is 0 Å². The van der Waals surface area contributed by atoms with Crippen LogP contribution in [0.2, 0.25) is 0 Å². The molecule has 0 N–H and O–H groups in total. The van der Waals surface area contributed by atoms with Crippen molar-refractivity contribution < 1.29 is 19.0 Å². The molecule has 1 aliphatic heterocycles. The summed E-state index contributed by atoms with van der Waals surface area (Å²) >= 11 is 0. The molecule has 12 heavy (non-hydrogen) atoms. The van der Waals surface area contributed by atoms with Crippen LogP contribution in [0.15, 0.2) is 12.2 Å². The maximum absolute atomic E-state index is 10.5. The Morgan fingerprint density at radius 2 is 2.42 bits per heavy atom. The zero-order valence-electron chi connectivity index (χ0n) is 7.15. The fourth-order valence-corrected chi connectivity index (χ4v) is 0.946. The molecule has 0 fully saturated rings. The van der Waals surface area contributed by atoms with Crippen molar-refractivity contribution in [1.29, 1.82) is 0 Å². The molecule has 0 radical (unpaired) electrons. The molecular weight excluding hydrogens is 160 g/mol. The second-order valence-corrected chi connectivity index (χ2v) is 2.44. The van der Waals surface area contributed by atoms with Crippen molar-refractivity contribution in [1.82, 2.24) is 0 Å². The summed E-state index contributed by atoms with van der Waals surface area (Å²) < 4.78 is 14.9. The van der Waals surface area contributed by atoms with E-state index >= 15 is 0 Å². The quantitative estimate of drug-likeness (QED) is 0.457. The molecule has 0 amide bonds. The van der Waals surface area contributed by atoms with Gasteiger partial charge in [0.25, 0.3) is 0 Å². The predicted octanol–water partition coefficient (Wildman–Crippen LogP) is 0.825. The average molecular weight is 172 g/mol. The molecule has 0 saturated carbocycles. The number of methoxy groups -OCH3 is 1. The smallest absolute Gasteiger partial charge is 0.304 e. The fraction of sp³-hybridized carbons (Fsp3) is 0.625. The Kier molecular flexibility index (Phi) is 3.25. The Hall–Kier alpha value is -0.870. The topological polar surface area (TPSA) is 44.8 Å². The van der Waals surface area contributed by atoms with E-state index in [-0.39, 0.29) is 5.97 Å². The fourth-order valence-electron chi connectivity index (χ4n) is 0.946. The number of ether oxygens (including phenoxy) is 3. The van der Waals surface area contributed by atoms with Crippen LogP contribution in [-0.4, -0.2) is 25.7 Å². The standard InChI is InChI=1S/C8H12O4/c1-6(9)11-8-5-3-4-7(10-2)12-8/h3-4,7-8H,5H2,1-2H3/t7-,8+/m1/s1. The average Bonchev–Trinajstić information content (AvgIpc) is 2.03. The molecule has 2 atom stereocenters. The first-order chi connectivity index (χ1) is 5.72. The molecule has 0 saturated heterocycles. The van der Waals surface area contributed by atoms with E-state index in [4.69, 9.17) is 14.2 Å². The zero-order chi connectivity index (χ0) is 8.97. The van der Waals surface area contributed by atoms with Gasteiger partial charge in [-0.2, -0.15) is 0 Å². The highest BCUT2D eigenvalue weighted by atomic mass is 16.8. The molecule has 0 spiro atoms. The minimum atomic E-state index is -0.502. The summed E-state index contributed by atoms with van der Waals surface area (Å²) in [6.07, 6.45) is 3.32. The van der Waals surface area contributed by atoms with Crippen LogP contribution in [0.1, 0.15) is 13.3 Å². The van der Waals surface area contributed by atoms with Gasteiger partial charge in [0.1, 0.15) is 0 Å². The van der Waals surface area contributed by atoms with E-state index < -0.39 is 12.6 Å². The number of esters is 1. The van der Waals surface area contributed by atoms with Crippen molar-refractivity contribution in [2.45, 2.75) is 25.9 Å².